The normalized spacial score (nSPS) is 12.6. The number of carboxylic acid groups (broad SMARTS) is 1. The summed E-state index contributed by atoms with van der Waals surface area (Å²) in [5.74, 6) is -1.79. The van der Waals surface area contributed by atoms with Crippen molar-refractivity contribution in [3.05, 3.63) is 41.3 Å². The molecule has 1 atom stereocenters. The van der Waals surface area contributed by atoms with Gasteiger partial charge in [0.15, 0.2) is 0 Å². The van der Waals surface area contributed by atoms with Gasteiger partial charge in [-0.2, -0.15) is 13.2 Å². The number of hydrogen-bond donors (Lipinski definition) is 2. The van der Waals surface area contributed by atoms with E-state index >= 15 is 0 Å². The maximum atomic E-state index is 12.6. The average molecular weight is 375 g/mol. The predicted octanol–water partition coefficient (Wildman–Crippen LogP) is 2.58. The van der Waals surface area contributed by atoms with Crippen LogP contribution in [0.4, 0.5) is 13.2 Å². The molecule has 0 saturated heterocycles. The summed E-state index contributed by atoms with van der Waals surface area (Å²) in [6, 6.07) is 3.97. The number of halogens is 3. The molecule has 1 amide bonds. The number of hydrogen-bond acceptors (Lipinski definition) is 6. The maximum Gasteiger partial charge on any atom is 0.416 e. The Balaban J connectivity index is 1.97. The second kappa shape index (κ2) is 7.55. The number of benzene rings is 1. The Morgan fingerprint density at radius 3 is 2.72 bits per heavy atom. The SMILES string of the molecule is C[C@@H](Sc1nnc(CNC(=O)c2cccc(C(F)(F)F)c2)o1)C(=O)O. The van der Waals surface area contributed by atoms with Crippen molar-refractivity contribution in [1.29, 1.82) is 0 Å². The van der Waals surface area contributed by atoms with Gasteiger partial charge in [0.25, 0.3) is 11.1 Å². The topological polar surface area (TPSA) is 105 Å². The molecule has 2 aromatic rings. The molecule has 0 fully saturated rings. The van der Waals surface area contributed by atoms with Crippen LogP contribution in [0.5, 0.6) is 0 Å². The fraction of sp³-hybridized carbons (Fsp3) is 0.286. The minimum absolute atomic E-state index is 0.000384. The zero-order valence-corrected chi connectivity index (χ0v) is 13.5. The van der Waals surface area contributed by atoms with Crippen molar-refractivity contribution in [2.24, 2.45) is 0 Å². The van der Waals surface area contributed by atoms with E-state index in [4.69, 9.17) is 9.52 Å². The summed E-state index contributed by atoms with van der Waals surface area (Å²) >= 11 is 0.830. The molecule has 2 N–H and O–H groups in total. The fourth-order valence-electron chi connectivity index (χ4n) is 1.65. The number of carbonyl (C=O) groups is 2. The molecule has 0 spiro atoms. The first kappa shape index (κ1) is 18.8. The van der Waals surface area contributed by atoms with Crippen molar-refractivity contribution in [2.75, 3.05) is 0 Å². The van der Waals surface area contributed by atoms with Gasteiger partial charge in [0.2, 0.25) is 5.89 Å². The highest BCUT2D eigenvalue weighted by Crippen LogP contribution is 2.29. The Kier molecular flexibility index (Phi) is 5.67. The number of carbonyl (C=O) groups excluding carboxylic acids is 1. The lowest BCUT2D eigenvalue weighted by atomic mass is 10.1. The molecule has 0 unspecified atom stereocenters. The molecular formula is C14H12F3N3O4S. The van der Waals surface area contributed by atoms with Crippen molar-refractivity contribution in [2.45, 2.75) is 30.1 Å². The van der Waals surface area contributed by atoms with Gasteiger partial charge in [0.1, 0.15) is 5.25 Å². The lowest BCUT2D eigenvalue weighted by Gasteiger charge is -2.08. The maximum absolute atomic E-state index is 12.6. The number of aliphatic carboxylic acids is 1. The Bertz CT molecular complexity index is 779. The molecule has 0 saturated carbocycles. The van der Waals surface area contributed by atoms with E-state index in [0.29, 0.717) is 0 Å². The summed E-state index contributed by atoms with van der Waals surface area (Å²) in [6.07, 6.45) is -4.55. The second-order valence-corrected chi connectivity index (χ2v) is 6.11. The van der Waals surface area contributed by atoms with Gasteiger partial charge in [-0.15, -0.1) is 10.2 Å². The minimum Gasteiger partial charge on any atom is -0.480 e. The van der Waals surface area contributed by atoms with Gasteiger partial charge in [-0.3, -0.25) is 9.59 Å². The smallest absolute Gasteiger partial charge is 0.416 e. The van der Waals surface area contributed by atoms with Crippen molar-refractivity contribution >= 4 is 23.6 Å². The van der Waals surface area contributed by atoms with Crippen LogP contribution in [0, 0.1) is 0 Å². The summed E-state index contributed by atoms with van der Waals surface area (Å²) < 4.78 is 43.1. The molecule has 25 heavy (non-hydrogen) atoms. The average Bonchev–Trinajstić information content (AvgIpc) is 2.99. The van der Waals surface area contributed by atoms with Crippen molar-refractivity contribution in [3.63, 3.8) is 0 Å². The molecule has 11 heteroatoms. The van der Waals surface area contributed by atoms with Gasteiger partial charge in [-0.05, 0) is 25.1 Å². The van der Waals surface area contributed by atoms with Crippen molar-refractivity contribution in [3.8, 4) is 0 Å². The molecule has 7 nitrogen and oxygen atoms in total. The summed E-state index contributed by atoms with van der Waals surface area (Å²) in [5, 5.41) is 17.6. The molecule has 134 valence electrons. The summed E-state index contributed by atoms with van der Waals surface area (Å²) in [6.45, 7) is 1.23. The molecule has 1 aromatic carbocycles. The van der Waals surface area contributed by atoms with E-state index in [2.05, 4.69) is 15.5 Å². The van der Waals surface area contributed by atoms with Crippen molar-refractivity contribution < 1.29 is 32.3 Å². The van der Waals surface area contributed by atoms with Gasteiger partial charge < -0.3 is 14.8 Å². The van der Waals surface area contributed by atoms with E-state index in [1.54, 1.807) is 0 Å². The number of alkyl halides is 3. The summed E-state index contributed by atoms with van der Waals surface area (Å²) in [7, 11) is 0. The first-order valence-corrected chi connectivity index (χ1v) is 7.72. The first-order valence-electron chi connectivity index (χ1n) is 6.84. The molecule has 2 rings (SSSR count). The third-order valence-electron chi connectivity index (χ3n) is 2.93. The van der Waals surface area contributed by atoms with Crippen LogP contribution in [0.15, 0.2) is 33.9 Å². The van der Waals surface area contributed by atoms with Crippen LogP contribution in [0.2, 0.25) is 0 Å². The van der Waals surface area contributed by atoms with Gasteiger partial charge in [0, 0.05) is 5.56 Å². The highest BCUT2D eigenvalue weighted by Gasteiger charge is 2.30. The summed E-state index contributed by atoms with van der Waals surface area (Å²) in [5.41, 5.74) is -1.09. The number of thioether (sulfide) groups is 1. The Hall–Kier alpha value is -2.56. The first-order chi connectivity index (χ1) is 11.7. The van der Waals surface area contributed by atoms with Crippen LogP contribution in [0.3, 0.4) is 0 Å². The quantitative estimate of drug-likeness (QED) is 0.748. The number of amides is 1. The predicted molar refractivity (Wildman–Crippen MR) is 79.9 cm³/mol. The zero-order chi connectivity index (χ0) is 18.6. The molecule has 0 aliphatic rings. The number of nitrogens with one attached hydrogen (secondary N) is 1. The Morgan fingerprint density at radius 2 is 2.08 bits per heavy atom. The fourth-order valence-corrected chi connectivity index (χ4v) is 2.29. The van der Waals surface area contributed by atoms with E-state index in [9.17, 15) is 22.8 Å². The van der Waals surface area contributed by atoms with E-state index in [0.717, 1.165) is 30.0 Å². The Labute approximate surface area is 143 Å². The minimum atomic E-state index is -4.55. The van der Waals surface area contributed by atoms with E-state index in [1.165, 1.54) is 13.0 Å². The van der Waals surface area contributed by atoms with Crippen LogP contribution >= 0.6 is 11.8 Å². The second-order valence-electron chi connectivity index (χ2n) is 4.82. The summed E-state index contributed by atoms with van der Waals surface area (Å²) in [4.78, 5) is 22.7. The molecule has 0 aliphatic heterocycles. The largest absolute Gasteiger partial charge is 0.480 e. The zero-order valence-electron chi connectivity index (χ0n) is 12.7. The van der Waals surface area contributed by atoms with Gasteiger partial charge in [0.05, 0.1) is 12.1 Å². The van der Waals surface area contributed by atoms with E-state index in [1.807, 2.05) is 0 Å². The molecule has 0 bridgehead atoms. The van der Waals surface area contributed by atoms with Gasteiger partial charge in [-0.1, -0.05) is 17.8 Å². The van der Waals surface area contributed by atoms with Crippen LogP contribution in [-0.4, -0.2) is 32.4 Å². The highest BCUT2D eigenvalue weighted by atomic mass is 32.2. The Morgan fingerprint density at radius 1 is 1.36 bits per heavy atom. The lowest BCUT2D eigenvalue weighted by Crippen LogP contribution is -2.23. The van der Waals surface area contributed by atoms with Crippen molar-refractivity contribution in [1.82, 2.24) is 15.5 Å². The van der Waals surface area contributed by atoms with E-state index in [-0.39, 0.29) is 23.2 Å². The third kappa shape index (κ3) is 5.21. The molecule has 1 aromatic heterocycles. The molecule has 0 aliphatic carbocycles. The van der Waals surface area contributed by atoms with Crippen LogP contribution < -0.4 is 5.32 Å². The van der Waals surface area contributed by atoms with Gasteiger partial charge in [-0.25, -0.2) is 0 Å². The number of rotatable bonds is 6. The standard InChI is InChI=1S/C14H12F3N3O4S/c1-7(12(22)23)25-13-20-19-10(24-13)6-18-11(21)8-3-2-4-9(5-8)14(15,16)17/h2-5,7H,6H2,1H3,(H,18,21)(H,22,23)/t7-/m1/s1. The number of carboxylic acids is 1. The third-order valence-corrected chi connectivity index (χ3v) is 3.85. The highest BCUT2D eigenvalue weighted by molar-refractivity contribution is 8.00. The molecular weight excluding hydrogens is 363 g/mol. The lowest BCUT2D eigenvalue weighted by molar-refractivity contribution is -0.138. The van der Waals surface area contributed by atoms with Gasteiger partial charge >= 0.3 is 12.1 Å². The molecule has 0 radical (unpaired) electrons. The van der Waals surface area contributed by atoms with Crippen LogP contribution in [0.25, 0.3) is 0 Å². The monoisotopic (exact) mass is 375 g/mol. The van der Waals surface area contributed by atoms with Crippen LogP contribution in [-0.2, 0) is 17.5 Å². The molecule has 1 heterocycles. The number of nitrogens with zero attached hydrogens (tertiary/aromatic N) is 2. The number of aromatic nitrogens is 2. The van der Waals surface area contributed by atoms with E-state index < -0.39 is 28.9 Å². The van der Waals surface area contributed by atoms with Crippen LogP contribution in [0.1, 0.15) is 28.7 Å².